The van der Waals surface area contributed by atoms with Crippen molar-refractivity contribution in [3.63, 3.8) is 0 Å². The van der Waals surface area contributed by atoms with Crippen LogP contribution in [0.2, 0.25) is 0 Å². The van der Waals surface area contributed by atoms with E-state index < -0.39 is 6.10 Å². The minimum Gasteiger partial charge on any atom is -0.463 e. The third-order valence-corrected chi connectivity index (χ3v) is 2.02. The SMILES string of the molecule is CCC(C)CCC(=O)OCC(C)[O]. The molecule has 0 rings (SSSR count). The fourth-order valence-electron chi connectivity index (χ4n) is 0.851. The Balaban J connectivity index is 3.40. The molecule has 0 spiro atoms. The number of hydrogen-bond acceptors (Lipinski definition) is 2. The summed E-state index contributed by atoms with van der Waals surface area (Å²) < 4.78 is 4.75. The van der Waals surface area contributed by atoms with Gasteiger partial charge in [-0.2, -0.15) is 0 Å². The Morgan fingerprint density at radius 3 is 2.46 bits per heavy atom. The van der Waals surface area contributed by atoms with Gasteiger partial charge in [0, 0.05) is 6.42 Å². The van der Waals surface area contributed by atoms with Gasteiger partial charge in [0.2, 0.25) is 0 Å². The normalized spacial score (nSPS) is 15.1. The fourth-order valence-corrected chi connectivity index (χ4v) is 0.851. The van der Waals surface area contributed by atoms with E-state index in [-0.39, 0.29) is 12.6 Å². The van der Waals surface area contributed by atoms with Crippen LogP contribution < -0.4 is 0 Å². The molecule has 0 aromatic rings. The summed E-state index contributed by atoms with van der Waals surface area (Å²) in [5.41, 5.74) is 0. The van der Waals surface area contributed by atoms with E-state index in [1.54, 1.807) is 0 Å². The van der Waals surface area contributed by atoms with E-state index >= 15 is 0 Å². The Labute approximate surface area is 80.1 Å². The van der Waals surface area contributed by atoms with Crippen molar-refractivity contribution in [3.05, 3.63) is 0 Å². The van der Waals surface area contributed by atoms with Crippen LogP contribution in [-0.2, 0) is 14.6 Å². The highest BCUT2D eigenvalue weighted by atomic mass is 16.5. The standard InChI is InChI=1S/C10H19O3/c1-4-8(2)5-6-10(12)13-7-9(3)11/h8-9H,4-7H2,1-3H3. The third-order valence-electron chi connectivity index (χ3n) is 2.02. The number of esters is 1. The van der Waals surface area contributed by atoms with Crippen molar-refractivity contribution in [1.82, 2.24) is 0 Å². The largest absolute Gasteiger partial charge is 0.463 e. The second-order valence-corrected chi connectivity index (χ2v) is 3.55. The second kappa shape index (κ2) is 6.89. The summed E-state index contributed by atoms with van der Waals surface area (Å²) in [6.45, 7) is 5.68. The fraction of sp³-hybridized carbons (Fsp3) is 0.900. The van der Waals surface area contributed by atoms with Crippen LogP contribution in [0.15, 0.2) is 0 Å². The van der Waals surface area contributed by atoms with Crippen LogP contribution in [0.1, 0.15) is 40.0 Å². The summed E-state index contributed by atoms with van der Waals surface area (Å²) in [6.07, 6.45) is 1.54. The first-order chi connectivity index (χ1) is 6.06. The number of carbonyl (C=O) groups excluding carboxylic acids is 1. The first-order valence-electron chi connectivity index (χ1n) is 4.87. The summed E-state index contributed by atoms with van der Waals surface area (Å²) in [7, 11) is 0. The van der Waals surface area contributed by atoms with Gasteiger partial charge in [0.1, 0.15) is 12.7 Å². The van der Waals surface area contributed by atoms with Crippen molar-refractivity contribution >= 4 is 5.97 Å². The smallest absolute Gasteiger partial charge is 0.305 e. The summed E-state index contributed by atoms with van der Waals surface area (Å²) in [6, 6.07) is 0. The molecule has 1 radical (unpaired) electrons. The van der Waals surface area contributed by atoms with Crippen molar-refractivity contribution in [2.45, 2.75) is 46.1 Å². The summed E-state index contributed by atoms with van der Waals surface area (Å²) in [5.74, 6) is 0.306. The highest BCUT2D eigenvalue weighted by Crippen LogP contribution is 2.09. The number of carbonyl (C=O) groups is 1. The molecule has 0 bridgehead atoms. The van der Waals surface area contributed by atoms with Crippen LogP contribution >= 0.6 is 0 Å². The summed E-state index contributed by atoms with van der Waals surface area (Å²) >= 11 is 0. The van der Waals surface area contributed by atoms with Gasteiger partial charge < -0.3 is 4.74 Å². The van der Waals surface area contributed by atoms with E-state index in [1.165, 1.54) is 6.92 Å². The Hall–Kier alpha value is -0.570. The van der Waals surface area contributed by atoms with Gasteiger partial charge in [-0.05, 0) is 19.3 Å². The van der Waals surface area contributed by atoms with Gasteiger partial charge in [-0.15, -0.1) is 0 Å². The minimum absolute atomic E-state index is 0.000655. The van der Waals surface area contributed by atoms with Gasteiger partial charge >= 0.3 is 5.97 Å². The molecule has 0 aromatic carbocycles. The summed E-state index contributed by atoms with van der Waals surface area (Å²) in [5, 5.41) is 10.5. The number of hydrogen-bond donors (Lipinski definition) is 0. The zero-order valence-electron chi connectivity index (χ0n) is 8.71. The molecule has 77 valence electrons. The molecule has 0 aliphatic heterocycles. The molecular weight excluding hydrogens is 168 g/mol. The predicted molar refractivity (Wildman–Crippen MR) is 49.8 cm³/mol. The van der Waals surface area contributed by atoms with Crippen molar-refractivity contribution < 1.29 is 14.6 Å². The van der Waals surface area contributed by atoms with Crippen LogP contribution in [0, 0.1) is 5.92 Å². The lowest BCUT2D eigenvalue weighted by Gasteiger charge is -2.08. The molecule has 3 heteroatoms. The van der Waals surface area contributed by atoms with Gasteiger partial charge in [-0.25, -0.2) is 5.11 Å². The third kappa shape index (κ3) is 7.78. The monoisotopic (exact) mass is 187 g/mol. The molecule has 0 fully saturated rings. The zero-order chi connectivity index (χ0) is 10.3. The average molecular weight is 187 g/mol. The molecule has 2 atom stereocenters. The second-order valence-electron chi connectivity index (χ2n) is 3.55. The van der Waals surface area contributed by atoms with Gasteiger partial charge in [0.15, 0.2) is 0 Å². The van der Waals surface area contributed by atoms with Gasteiger partial charge in [-0.1, -0.05) is 20.3 Å². The van der Waals surface area contributed by atoms with Crippen LogP contribution in [0.25, 0.3) is 0 Å². The molecule has 2 unspecified atom stereocenters. The lowest BCUT2D eigenvalue weighted by atomic mass is 10.0. The average Bonchev–Trinajstić information content (AvgIpc) is 2.10. The number of rotatable bonds is 6. The lowest BCUT2D eigenvalue weighted by molar-refractivity contribution is -0.147. The molecule has 0 amide bonds. The maximum Gasteiger partial charge on any atom is 0.305 e. The molecular formula is C10H19O3. The van der Waals surface area contributed by atoms with Crippen molar-refractivity contribution in [2.75, 3.05) is 6.61 Å². The number of ether oxygens (including phenoxy) is 1. The topological polar surface area (TPSA) is 46.2 Å². The predicted octanol–water partition coefficient (Wildman–Crippen LogP) is 2.17. The van der Waals surface area contributed by atoms with E-state index in [4.69, 9.17) is 4.74 Å². The molecule has 3 nitrogen and oxygen atoms in total. The Morgan fingerprint density at radius 1 is 1.38 bits per heavy atom. The molecule has 0 saturated carbocycles. The van der Waals surface area contributed by atoms with Gasteiger partial charge in [0.05, 0.1) is 0 Å². The van der Waals surface area contributed by atoms with Crippen LogP contribution in [0.3, 0.4) is 0 Å². The molecule has 0 aliphatic carbocycles. The van der Waals surface area contributed by atoms with Crippen LogP contribution in [-0.4, -0.2) is 18.7 Å². The van der Waals surface area contributed by atoms with E-state index in [2.05, 4.69) is 13.8 Å². The first kappa shape index (κ1) is 12.4. The zero-order valence-corrected chi connectivity index (χ0v) is 8.71. The molecule has 13 heavy (non-hydrogen) atoms. The maximum absolute atomic E-state index is 11.0. The van der Waals surface area contributed by atoms with Crippen LogP contribution in [0.4, 0.5) is 0 Å². The Bertz CT molecular complexity index is 143. The highest BCUT2D eigenvalue weighted by Gasteiger charge is 2.07. The van der Waals surface area contributed by atoms with E-state index in [0.29, 0.717) is 12.3 Å². The molecule has 0 saturated heterocycles. The quantitative estimate of drug-likeness (QED) is 0.598. The molecule has 0 aliphatic rings. The highest BCUT2D eigenvalue weighted by molar-refractivity contribution is 5.69. The van der Waals surface area contributed by atoms with Crippen LogP contribution in [0.5, 0.6) is 0 Å². The van der Waals surface area contributed by atoms with E-state index in [0.717, 1.165) is 12.8 Å². The lowest BCUT2D eigenvalue weighted by Crippen LogP contribution is -2.14. The molecule has 0 N–H and O–H groups in total. The van der Waals surface area contributed by atoms with Gasteiger partial charge in [0.25, 0.3) is 0 Å². The molecule has 0 aromatic heterocycles. The summed E-state index contributed by atoms with van der Waals surface area (Å²) in [4.78, 5) is 11.0. The van der Waals surface area contributed by atoms with Crippen molar-refractivity contribution in [2.24, 2.45) is 5.92 Å². The van der Waals surface area contributed by atoms with E-state index in [1.807, 2.05) is 0 Å². The van der Waals surface area contributed by atoms with Gasteiger partial charge in [-0.3, -0.25) is 4.79 Å². The Kier molecular flexibility index (Phi) is 6.59. The van der Waals surface area contributed by atoms with E-state index in [9.17, 15) is 9.90 Å². The maximum atomic E-state index is 11.0. The molecule has 0 heterocycles. The Morgan fingerprint density at radius 2 is 2.00 bits per heavy atom. The van der Waals surface area contributed by atoms with Crippen molar-refractivity contribution in [3.8, 4) is 0 Å². The minimum atomic E-state index is -0.812. The van der Waals surface area contributed by atoms with Crippen molar-refractivity contribution in [1.29, 1.82) is 0 Å². The first-order valence-corrected chi connectivity index (χ1v) is 4.87.